The second-order valence-corrected chi connectivity index (χ2v) is 6.67. The minimum absolute atomic E-state index is 0.0590. The number of furan rings is 1. The van der Waals surface area contributed by atoms with Gasteiger partial charge < -0.3 is 14.1 Å². The molecule has 2 aromatic rings. The SMILES string of the molecule is COc1ccc(C(=O)N2CCC[C@H](C(=O)c3ccc(Cl)cc3C)C2)o1. The number of aryl methyl sites for hydroxylation is 1. The standard InChI is InChI=1S/C19H20ClNO4/c1-12-10-14(20)5-6-15(12)18(22)13-4-3-9-21(11-13)19(23)16-7-8-17(24-2)25-16/h5-8,10,13H,3-4,9,11H2,1-2H3/t13-/m0/s1. The first-order chi connectivity index (χ1) is 12.0. The number of benzene rings is 1. The number of ether oxygens (including phenoxy) is 1. The number of hydrogen-bond acceptors (Lipinski definition) is 4. The van der Waals surface area contributed by atoms with E-state index in [4.69, 9.17) is 20.8 Å². The fraction of sp³-hybridized carbons (Fsp3) is 0.368. The topological polar surface area (TPSA) is 59.8 Å². The summed E-state index contributed by atoms with van der Waals surface area (Å²) in [6.07, 6.45) is 1.55. The van der Waals surface area contributed by atoms with Gasteiger partial charge in [0.05, 0.1) is 7.11 Å². The number of ketones is 1. The Morgan fingerprint density at radius 1 is 1.28 bits per heavy atom. The van der Waals surface area contributed by atoms with Crippen LogP contribution in [0, 0.1) is 12.8 Å². The van der Waals surface area contributed by atoms with Crippen molar-refractivity contribution in [3.63, 3.8) is 0 Å². The third-order valence-corrected chi connectivity index (χ3v) is 4.76. The number of piperidine rings is 1. The van der Waals surface area contributed by atoms with Crippen LogP contribution in [0.1, 0.15) is 39.3 Å². The van der Waals surface area contributed by atoms with Crippen LogP contribution in [-0.2, 0) is 0 Å². The number of carbonyl (C=O) groups excluding carboxylic acids is 2. The summed E-state index contributed by atoms with van der Waals surface area (Å²) in [6, 6.07) is 8.48. The summed E-state index contributed by atoms with van der Waals surface area (Å²) in [5.41, 5.74) is 1.53. The Hall–Kier alpha value is -2.27. The van der Waals surface area contributed by atoms with Crippen LogP contribution in [0.4, 0.5) is 0 Å². The second kappa shape index (κ2) is 7.31. The number of nitrogens with zero attached hydrogens (tertiary/aromatic N) is 1. The van der Waals surface area contributed by atoms with Crippen molar-refractivity contribution in [3.05, 3.63) is 52.2 Å². The van der Waals surface area contributed by atoms with Crippen LogP contribution in [0.25, 0.3) is 0 Å². The summed E-state index contributed by atoms with van der Waals surface area (Å²) in [5, 5.41) is 0.612. The minimum Gasteiger partial charge on any atom is -0.468 e. The van der Waals surface area contributed by atoms with Crippen molar-refractivity contribution in [1.29, 1.82) is 0 Å². The van der Waals surface area contributed by atoms with Gasteiger partial charge in [0, 0.05) is 35.7 Å². The molecule has 0 radical (unpaired) electrons. The van der Waals surface area contributed by atoms with Crippen LogP contribution in [0.15, 0.2) is 34.7 Å². The van der Waals surface area contributed by atoms with Crippen molar-refractivity contribution in [1.82, 2.24) is 4.90 Å². The van der Waals surface area contributed by atoms with Crippen molar-refractivity contribution in [3.8, 4) is 5.95 Å². The monoisotopic (exact) mass is 361 g/mol. The highest BCUT2D eigenvalue weighted by Crippen LogP contribution is 2.26. The zero-order chi connectivity index (χ0) is 18.0. The van der Waals surface area contributed by atoms with Gasteiger partial charge in [-0.25, -0.2) is 0 Å². The predicted octanol–water partition coefficient (Wildman–Crippen LogP) is 3.99. The average Bonchev–Trinajstić information content (AvgIpc) is 3.10. The summed E-state index contributed by atoms with van der Waals surface area (Å²) in [6.45, 7) is 2.88. The first kappa shape index (κ1) is 17.5. The van der Waals surface area contributed by atoms with Gasteiger partial charge in [0.1, 0.15) is 0 Å². The van der Waals surface area contributed by atoms with E-state index in [1.54, 1.807) is 35.2 Å². The van der Waals surface area contributed by atoms with Gasteiger partial charge in [0.15, 0.2) is 11.5 Å². The van der Waals surface area contributed by atoms with E-state index in [0.717, 1.165) is 18.4 Å². The van der Waals surface area contributed by atoms with Crippen LogP contribution >= 0.6 is 11.6 Å². The molecular formula is C19H20ClNO4. The molecule has 3 rings (SSSR count). The number of halogens is 1. The second-order valence-electron chi connectivity index (χ2n) is 6.24. The Balaban J connectivity index is 1.74. The first-order valence-corrected chi connectivity index (χ1v) is 8.61. The lowest BCUT2D eigenvalue weighted by Gasteiger charge is -2.31. The Morgan fingerprint density at radius 3 is 2.76 bits per heavy atom. The molecule has 0 saturated carbocycles. The van der Waals surface area contributed by atoms with E-state index < -0.39 is 0 Å². The van der Waals surface area contributed by atoms with Crippen LogP contribution in [0.2, 0.25) is 5.02 Å². The lowest BCUT2D eigenvalue weighted by Crippen LogP contribution is -2.42. The molecule has 0 aliphatic carbocycles. The number of rotatable bonds is 4. The molecule has 1 aromatic carbocycles. The number of amides is 1. The van der Waals surface area contributed by atoms with E-state index in [2.05, 4.69) is 0 Å². The Bertz CT molecular complexity index is 798. The summed E-state index contributed by atoms with van der Waals surface area (Å²) < 4.78 is 10.3. The van der Waals surface area contributed by atoms with Crippen molar-refractivity contribution in [2.75, 3.05) is 20.2 Å². The molecule has 132 valence electrons. The van der Waals surface area contributed by atoms with Crippen molar-refractivity contribution in [2.45, 2.75) is 19.8 Å². The fourth-order valence-electron chi connectivity index (χ4n) is 3.20. The number of Topliss-reactive ketones (excluding diaryl/α,β-unsaturated/α-hetero) is 1. The fourth-order valence-corrected chi connectivity index (χ4v) is 3.43. The molecule has 1 aromatic heterocycles. The maximum atomic E-state index is 12.9. The highest BCUT2D eigenvalue weighted by atomic mass is 35.5. The molecule has 0 unspecified atom stereocenters. The van der Waals surface area contributed by atoms with Gasteiger partial charge in [0.25, 0.3) is 11.9 Å². The van der Waals surface area contributed by atoms with Gasteiger partial charge in [-0.3, -0.25) is 9.59 Å². The van der Waals surface area contributed by atoms with E-state index >= 15 is 0 Å². The predicted molar refractivity (Wildman–Crippen MR) is 94.4 cm³/mol. The van der Waals surface area contributed by atoms with Crippen LogP contribution < -0.4 is 4.74 Å². The van der Waals surface area contributed by atoms with Gasteiger partial charge in [-0.15, -0.1) is 0 Å². The summed E-state index contributed by atoms with van der Waals surface area (Å²) in [4.78, 5) is 27.1. The molecule has 0 spiro atoms. The lowest BCUT2D eigenvalue weighted by molar-refractivity contribution is 0.0605. The third kappa shape index (κ3) is 3.71. The molecule has 1 aliphatic rings. The molecule has 6 heteroatoms. The highest BCUT2D eigenvalue weighted by Gasteiger charge is 2.31. The highest BCUT2D eigenvalue weighted by molar-refractivity contribution is 6.30. The number of likely N-dealkylation sites (tertiary alicyclic amines) is 1. The largest absolute Gasteiger partial charge is 0.468 e. The maximum absolute atomic E-state index is 12.9. The molecule has 5 nitrogen and oxygen atoms in total. The minimum atomic E-state index is -0.214. The van der Waals surface area contributed by atoms with E-state index in [1.807, 2.05) is 6.92 Å². The normalized spacial score (nSPS) is 17.4. The number of carbonyl (C=O) groups is 2. The van der Waals surface area contributed by atoms with Crippen LogP contribution in [0.5, 0.6) is 5.95 Å². The molecule has 0 bridgehead atoms. The van der Waals surface area contributed by atoms with E-state index in [0.29, 0.717) is 29.6 Å². The van der Waals surface area contributed by atoms with Crippen molar-refractivity contribution >= 4 is 23.3 Å². The molecule has 1 aliphatic heterocycles. The van der Waals surface area contributed by atoms with Gasteiger partial charge in [-0.2, -0.15) is 0 Å². The maximum Gasteiger partial charge on any atom is 0.289 e. The van der Waals surface area contributed by atoms with Crippen molar-refractivity contribution < 1.29 is 18.7 Å². The van der Waals surface area contributed by atoms with E-state index in [9.17, 15) is 9.59 Å². The Kier molecular flexibility index (Phi) is 5.13. The average molecular weight is 362 g/mol. The summed E-state index contributed by atoms with van der Waals surface area (Å²) in [5.74, 6) is 0.157. The molecule has 0 N–H and O–H groups in total. The summed E-state index contributed by atoms with van der Waals surface area (Å²) in [7, 11) is 1.48. The van der Waals surface area contributed by atoms with Crippen molar-refractivity contribution in [2.24, 2.45) is 5.92 Å². The van der Waals surface area contributed by atoms with E-state index in [1.165, 1.54) is 7.11 Å². The Morgan fingerprint density at radius 2 is 2.08 bits per heavy atom. The Labute approximate surface area is 151 Å². The molecule has 1 fully saturated rings. The molecule has 25 heavy (non-hydrogen) atoms. The smallest absolute Gasteiger partial charge is 0.289 e. The molecule has 1 amide bonds. The number of methoxy groups -OCH3 is 1. The van der Waals surface area contributed by atoms with Gasteiger partial charge >= 0.3 is 0 Å². The number of hydrogen-bond donors (Lipinski definition) is 0. The first-order valence-electron chi connectivity index (χ1n) is 8.23. The van der Waals surface area contributed by atoms with Gasteiger partial charge in [0.2, 0.25) is 0 Å². The van der Waals surface area contributed by atoms with Crippen LogP contribution in [0.3, 0.4) is 0 Å². The molecule has 1 saturated heterocycles. The molecular weight excluding hydrogens is 342 g/mol. The zero-order valence-electron chi connectivity index (χ0n) is 14.3. The third-order valence-electron chi connectivity index (χ3n) is 4.53. The molecule has 1 atom stereocenters. The van der Waals surface area contributed by atoms with E-state index in [-0.39, 0.29) is 23.4 Å². The zero-order valence-corrected chi connectivity index (χ0v) is 15.0. The molecule has 2 heterocycles. The van der Waals surface area contributed by atoms with Gasteiger partial charge in [-0.05, 0) is 49.6 Å². The lowest BCUT2D eigenvalue weighted by atomic mass is 9.88. The van der Waals surface area contributed by atoms with Gasteiger partial charge in [-0.1, -0.05) is 11.6 Å². The summed E-state index contributed by atoms with van der Waals surface area (Å²) >= 11 is 5.97. The quantitative estimate of drug-likeness (QED) is 0.773. The van der Waals surface area contributed by atoms with Crippen LogP contribution in [-0.4, -0.2) is 36.8 Å².